The molecule has 0 saturated carbocycles. The van der Waals surface area contributed by atoms with E-state index in [-0.39, 0.29) is 16.6 Å². The fraction of sp³-hybridized carbons (Fsp3) is 0.250. The van der Waals surface area contributed by atoms with Gasteiger partial charge in [0.2, 0.25) is 0 Å². The molecule has 4 nitrogen and oxygen atoms in total. The number of hydrogen-bond donors (Lipinski definition) is 1. The first kappa shape index (κ1) is 15.4. The third kappa shape index (κ3) is 3.55. The van der Waals surface area contributed by atoms with E-state index in [0.29, 0.717) is 5.75 Å². The van der Waals surface area contributed by atoms with Crippen LogP contribution in [-0.4, -0.2) is 13.5 Å². The molecule has 21 heavy (non-hydrogen) atoms. The molecule has 2 aromatic carbocycles. The van der Waals surface area contributed by atoms with Gasteiger partial charge in [0, 0.05) is 0 Å². The molecule has 2 aromatic rings. The maximum atomic E-state index is 12.3. The van der Waals surface area contributed by atoms with Gasteiger partial charge < -0.3 is 9.29 Å². The highest BCUT2D eigenvalue weighted by molar-refractivity contribution is 7.87. The summed E-state index contributed by atoms with van der Waals surface area (Å²) in [6.07, 6.45) is 0. The van der Waals surface area contributed by atoms with E-state index in [1.54, 1.807) is 6.07 Å². The van der Waals surface area contributed by atoms with Crippen LogP contribution in [0, 0.1) is 6.92 Å². The van der Waals surface area contributed by atoms with Gasteiger partial charge in [-0.15, -0.1) is 0 Å². The molecule has 0 amide bonds. The van der Waals surface area contributed by atoms with Gasteiger partial charge in [-0.2, -0.15) is 8.42 Å². The van der Waals surface area contributed by atoms with E-state index in [0.717, 1.165) is 11.1 Å². The number of phenolic OH excluding ortho intramolecular Hbond substituents is 1. The van der Waals surface area contributed by atoms with Crippen molar-refractivity contribution in [2.75, 3.05) is 0 Å². The van der Waals surface area contributed by atoms with Crippen LogP contribution in [0.1, 0.15) is 30.9 Å². The first-order valence-electron chi connectivity index (χ1n) is 6.63. The molecule has 2 rings (SSSR count). The number of hydrogen-bond acceptors (Lipinski definition) is 4. The van der Waals surface area contributed by atoms with Crippen LogP contribution in [0.5, 0.6) is 11.5 Å². The lowest BCUT2D eigenvalue weighted by atomic mass is 10.0. The van der Waals surface area contributed by atoms with Crippen molar-refractivity contribution in [1.82, 2.24) is 0 Å². The number of benzene rings is 2. The van der Waals surface area contributed by atoms with Crippen molar-refractivity contribution in [3.05, 3.63) is 53.6 Å². The lowest BCUT2D eigenvalue weighted by Gasteiger charge is -2.14. The van der Waals surface area contributed by atoms with Crippen LogP contribution in [-0.2, 0) is 10.1 Å². The summed E-state index contributed by atoms with van der Waals surface area (Å²) in [6.45, 7) is 5.83. The Morgan fingerprint density at radius 2 is 1.67 bits per heavy atom. The van der Waals surface area contributed by atoms with Gasteiger partial charge in [-0.05, 0) is 54.3 Å². The minimum Gasteiger partial charge on any atom is -0.508 e. The van der Waals surface area contributed by atoms with Crippen molar-refractivity contribution in [2.45, 2.75) is 31.6 Å². The van der Waals surface area contributed by atoms with E-state index in [4.69, 9.17) is 4.18 Å². The molecule has 0 spiro atoms. The van der Waals surface area contributed by atoms with Gasteiger partial charge in [0.1, 0.15) is 16.4 Å². The van der Waals surface area contributed by atoms with E-state index in [1.807, 2.05) is 32.9 Å². The Hall–Kier alpha value is -2.01. The van der Waals surface area contributed by atoms with Crippen molar-refractivity contribution in [3.8, 4) is 11.5 Å². The summed E-state index contributed by atoms with van der Waals surface area (Å²) in [7, 11) is -3.91. The quantitative estimate of drug-likeness (QED) is 0.877. The molecule has 0 bridgehead atoms. The highest BCUT2D eigenvalue weighted by atomic mass is 32.2. The summed E-state index contributed by atoms with van der Waals surface area (Å²) in [5.74, 6) is 0.501. The van der Waals surface area contributed by atoms with Gasteiger partial charge in [-0.3, -0.25) is 0 Å². The van der Waals surface area contributed by atoms with E-state index >= 15 is 0 Å². The van der Waals surface area contributed by atoms with Gasteiger partial charge in [0.15, 0.2) is 0 Å². The zero-order valence-electron chi connectivity index (χ0n) is 12.2. The molecule has 1 N–H and O–H groups in total. The number of phenols is 1. The van der Waals surface area contributed by atoms with E-state index in [2.05, 4.69) is 0 Å². The highest BCUT2D eigenvalue weighted by Crippen LogP contribution is 2.30. The minimum atomic E-state index is -3.91. The molecule has 0 radical (unpaired) electrons. The summed E-state index contributed by atoms with van der Waals surface area (Å²) in [5, 5.41) is 9.23. The Balaban J connectivity index is 2.41. The van der Waals surface area contributed by atoms with Crippen LogP contribution in [0.4, 0.5) is 0 Å². The maximum Gasteiger partial charge on any atom is 0.339 e. The standard InChI is InChI=1S/C16H18O4S/c1-11(2)15-9-4-12(3)10-16(15)20-21(18,19)14-7-5-13(17)6-8-14/h4-11,17H,1-3H3. The molecule has 5 heteroatoms. The topological polar surface area (TPSA) is 63.6 Å². The van der Waals surface area contributed by atoms with Crippen LogP contribution in [0.2, 0.25) is 0 Å². The smallest absolute Gasteiger partial charge is 0.339 e. The lowest BCUT2D eigenvalue weighted by Crippen LogP contribution is -2.11. The highest BCUT2D eigenvalue weighted by Gasteiger charge is 2.19. The Morgan fingerprint density at radius 1 is 1.05 bits per heavy atom. The van der Waals surface area contributed by atoms with Crippen LogP contribution in [0.3, 0.4) is 0 Å². The molecule has 0 aromatic heterocycles. The van der Waals surface area contributed by atoms with E-state index in [1.165, 1.54) is 24.3 Å². The zero-order chi connectivity index (χ0) is 15.6. The molecule has 0 unspecified atom stereocenters. The molecule has 0 atom stereocenters. The monoisotopic (exact) mass is 306 g/mol. The van der Waals surface area contributed by atoms with Gasteiger partial charge >= 0.3 is 10.1 Å². The van der Waals surface area contributed by atoms with Crippen LogP contribution in [0.25, 0.3) is 0 Å². The summed E-state index contributed by atoms with van der Waals surface area (Å²) >= 11 is 0. The Bertz CT molecular complexity index is 731. The van der Waals surface area contributed by atoms with Gasteiger partial charge in [0.05, 0.1) is 0 Å². The van der Waals surface area contributed by atoms with Crippen molar-refractivity contribution in [2.24, 2.45) is 0 Å². The molecule has 0 heterocycles. The molecule has 0 aliphatic carbocycles. The third-order valence-corrected chi connectivity index (χ3v) is 4.36. The maximum absolute atomic E-state index is 12.3. The molecule has 0 aliphatic heterocycles. The molecular weight excluding hydrogens is 288 g/mol. The fourth-order valence-electron chi connectivity index (χ4n) is 1.97. The SMILES string of the molecule is Cc1ccc(C(C)C)c(OS(=O)(=O)c2ccc(O)cc2)c1. The summed E-state index contributed by atoms with van der Waals surface area (Å²) in [6, 6.07) is 10.8. The largest absolute Gasteiger partial charge is 0.508 e. The van der Waals surface area contributed by atoms with Crippen molar-refractivity contribution < 1.29 is 17.7 Å². The number of aryl methyl sites for hydroxylation is 1. The molecule has 0 aliphatic rings. The van der Waals surface area contributed by atoms with Crippen molar-refractivity contribution in [1.29, 1.82) is 0 Å². The lowest BCUT2D eigenvalue weighted by molar-refractivity contribution is 0.472. The second-order valence-electron chi connectivity index (χ2n) is 5.23. The second kappa shape index (κ2) is 5.77. The molecule has 0 saturated heterocycles. The van der Waals surface area contributed by atoms with Crippen LogP contribution in [0.15, 0.2) is 47.4 Å². The summed E-state index contributed by atoms with van der Waals surface area (Å²) in [5.41, 5.74) is 1.76. The summed E-state index contributed by atoms with van der Waals surface area (Å²) < 4.78 is 29.9. The number of rotatable bonds is 4. The zero-order valence-corrected chi connectivity index (χ0v) is 13.0. The average molecular weight is 306 g/mol. The third-order valence-electron chi connectivity index (χ3n) is 3.12. The van der Waals surface area contributed by atoms with E-state index in [9.17, 15) is 13.5 Å². The predicted octanol–water partition coefficient (Wildman–Crippen LogP) is 3.59. The minimum absolute atomic E-state index is 0.00683. The first-order chi connectivity index (χ1) is 9.79. The Labute approximate surface area is 125 Å². The first-order valence-corrected chi connectivity index (χ1v) is 8.04. The van der Waals surface area contributed by atoms with Gasteiger partial charge in [-0.25, -0.2) is 0 Å². The van der Waals surface area contributed by atoms with Crippen LogP contribution >= 0.6 is 0 Å². The van der Waals surface area contributed by atoms with Gasteiger partial charge in [-0.1, -0.05) is 26.0 Å². The molecular formula is C16H18O4S. The van der Waals surface area contributed by atoms with Crippen molar-refractivity contribution in [3.63, 3.8) is 0 Å². The number of aromatic hydroxyl groups is 1. The fourth-order valence-corrected chi connectivity index (χ4v) is 2.92. The van der Waals surface area contributed by atoms with Crippen LogP contribution < -0.4 is 4.18 Å². The van der Waals surface area contributed by atoms with Gasteiger partial charge in [0.25, 0.3) is 0 Å². The summed E-state index contributed by atoms with van der Waals surface area (Å²) in [4.78, 5) is 0.0107. The molecule has 0 fully saturated rings. The predicted molar refractivity (Wildman–Crippen MR) is 81.2 cm³/mol. The van der Waals surface area contributed by atoms with E-state index < -0.39 is 10.1 Å². The van der Waals surface area contributed by atoms with Crippen molar-refractivity contribution >= 4 is 10.1 Å². The Kier molecular flexibility index (Phi) is 4.23. The second-order valence-corrected chi connectivity index (χ2v) is 6.77. The average Bonchev–Trinajstić information content (AvgIpc) is 2.38. The normalized spacial score (nSPS) is 11.6. The Morgan fingerprint density at radius 3 is 2.24 bits per heavy atom. The molecule has 112 valence electrons.